The van der Waals surface area contributed by atoms with Gasteiger partial charge in [0.1, 0.15) is 5.82 Å². The van der Waals surface area contributed by atoms with Gasteiger partial charge in [0, 0.05) is 12.2 Å². The van der Waals surface area contributed by atoms with Crippen LogP contribution in [-0.4, -0.2) is 26.3 Å². The summed E-state index contributed by atoms with van der Waals surface area (Å²) in [5, 5.41) is 7.80. The van der Waals surface area contributed by atoms with Crippen molar-refractivity contribution in [3.05, 3.63) is 29.3 Å². The monoisotopic (exact) mass is 259 g/mol. The van der Waals surface area contributed by atoms with E-state index in [-0.39, 0.29) is 0 Å². The SMILES string of the molecule is CCCNc1cncc(-n2nc(C)c(CC)c2C)n1. The first-order valence-electron chi connectivity index (χ1n) is 6.78. The lowest BCUT2D eigenvalue weighted by Crippen LogP contribution is -2.07. The highest BCUT2D eigenvalue weighted by atomic mass is 15.3. The van der Waals surface area contributed by atoms with Gasteiger partial charge in [-0.05, 0) is 32.3 Å². The smallest absolute Gasteiger partial charge is 0.174 e. The van der Waals surface area contributed by atoms with Crippen molar-refractivity contribution in [1.82, 2.24) is 19.7 Å². The van der Waals surface area contributed by atoms with Crippen LogP contribution < -0.4 is 5.32 Å². The van der Waals surface area contributed by atoms with Crippen molar-refractivity contribution < 1.29 is 0 Å². The summed E-state index contributed by atoms with van der Waals surface area (Å²) in [5.74, 6) is 1.56. The predicted octanol–water partition coefficient (Wildman–Crippen LogP) is 2.66. The van der Waals surface area contributed by atoms with Crippen LogP contribution in [0.15, 0.2) is 12.4 Å². The predicted molar refractivity (Wildman–Crippen MR) is 76.8 cm³/mol. The van der Waals surface area contributed by atoms with Crippen LogP contribution in [0.3, 0.4) is 0 Å². The Morgan fingerprint density at radius 1 is 1.21 bits per heavy atom. The Bertz CT molecular complexity index is 559. The Morgan fingerprint density at radius 3 is 2.63 bits per heavy atom. The second-order valence-electron chi connectivity index (χ2n) is 4.60. The number of nitrogens with one attached hydrogen (secondary N) is 1. The molecule has 5 heteroatoms. The lowest BCUT2D eigenvalue weighted by molar-refractivity contribution is 0.797. The van der Waals surface area contributed by atoms with Gasteiger partial charge in [-0.3, -0.25) is 4.98 Å². The molecule has 2 aromatic heterocycles. The van der Waals surface area contributed by atoms with Gasteiger partial charge >= 0.3 is 0 Å². The summed E-state index contributed by atoms with van der Waals surface area (Å²) in [5.41, 5.74) is 3.49. The minimum absolute atomic E-state index is 0.765. The zero-order chi connectivity index (χ0) is 13.8. The van der Waals surface area contributed by atoms with Gasteiger partial charge in [-0.2, -0.15) is 5.10 Å². The summed E-state index contributed by atoms with van der Waals surface area (Å²) < 4.78 is 1.87. The largest absolute Gasteiger partial charge is 0.369 e. The van der Waals surface area contributed by atoms with E-state index >= 15 is 0 Å². The number of aromatic nitrogens is 4. The third-order valence-corrected chi connectivity index (χ3v) is 3.19. The normalized spacial score (nSPS) is 10.7. The highest BCUT2D eigenvalue weighted by molar-refractivity contribution is 5.38. The quantitative estimate of drug-likeness (QED) is 0.897. The first kappa shape index (κ1) is 13.5. The van der Waals surface area contributed by atoms with Crippen LogP contribution >= 0.6 is 0 Å². The van der Waals surface area contributed by atoms with Crippen LogP contribution in [0.2, 0.25) is 0 Å². The van der Waals surface area contributed by atoms with Crippen molar-refractivity contribution in [2.75, 3.05) is 11.9 Å². The molecule has 0 saturated carbocycles. The highest BCUT2D eigenvalue weighted by Crippen LogP contribution is 2.17. The van der Waals surface area contributed by atoms with E-state index in [2.05, 4.69) is 41.2 Å². The fraction of sp³-hybridized carbons (Fsp3) is 0.500. The fourth-order valence-corrected chi connectivity index (χ4v) is 2.21. The lowest BCUT2D eigenvalue weighted by Gasteiger charge is -2.07. The van der Waals surface area contributed by atoms with E-state index in [0.717, 1.165) is 42.4 Å². The van der Waals surface area contributed by atoms with E-state index in [1.165, 1.54) is 5.56 Å². The van der Waals surface area contributed by atoms with Crippen LogP contribution in [0.4, 0.5) is 5.82 Å². The summed E-state index contributed by atoms with van der Waals surface area (Å²) in [4.78, 5) is 8.79. The maximum Gasteiger partial charge on any atom is 0.174 e. The van der Waals surface area contributed by atoms with Crippen LogP contribution in [0.25, 0.3) is 5.82 Å². The molecule has 0 aliphatic carbocycles. The Hall–Kier alpha value is -1.91. The van der Waals surface area contributed by atoms with Gasteiger partial charge in [0.2, 0.25) is 0 Å². The summed E-state index contributed by atoms with van der Waals surface area (Å²) in [6, 6.07) is 0. The van der Waals surface area contributed by atoms with Crippen LogP contribution in [0.1, 0.15) is 37.2 Å². The van der Waals surface area contributed by atoms with Gasteiger partial charge in [-0.25, -0.2) is 9.67 Å². The maximum absolute atomic E-state index is 4.56. The van der Waals surface area contributed by atoms with Crippen LogP contribution in [0, 0.1) is 13.8 Å². The third-order valence-electron chi connectivity index (χ3n) is 3.19. The van der Waals surface area contributed by atoms with E-state index in [0.29, 0.717) is 0 Å². The molecule has 0 aliphatic heterocycles. The van der Waals surface area contributed by atoms with E-state index < -0.39 is 0 Å². The average molecular weight is 259 g/mol. The third kappa shape index (κ3) is 2.75. The van der Waals surface area contributed by atoms with Gasteiger partial charge in [0.05, 0.1) is 18.1 Å². The Balaban J connectivity index is 2.36. The molecule has 2 aromatic rings. The topological polar surface area (TPSA) is 55.6 Å². The summed E-state index contributed by atoms with van der Waals surface area (Å²) >= 11 is 0. The summed E-state index contributed by atoms with van der Waals surface area (Å²) in [6.07, 6.45) is 5.53. The van der Waals surface area contributed by atoms with E-state index in [1.807, 2.05) is 11.6 Å². The van der Waals surface area contributed by atoms with Crippen LogP contribution in [-0.2, 0) is 6.42 Å². The molecule has 0 bridgehead atoms. The van der Waals surface area contributed by atoms with Crippen molar-refractivity contribution in [3.8, 4) is 5.82 Å². The Labute approximate surface area is 114 Å². The Kier molecular flexibility index (Phi) is 4.14. The van der Waals surface area contributed by atoms with E-state index in [4.69, 9.17) is 0 Å². The number of hydrogen-bond acceptors (Lipinski definition) is 4. The number of anilines is 1. The van der Waals surface area contributed by atoms with E-state index in [9.17, 15) is 0 Å². The zero-order valence-electron chi connectivity index (χ0n) is 12.1. The second-order valence-corrected chi connectivity index (χ2v) is 4.60. The molecule has 19 heavy (non-hydrogen) atoms. The number of hydrogen-bond donors (Lipinski definition) is 1. The fourth-order valence-electron chi connectivity index (χ4n) is 2.21. The van der Waals surface area contributed by atoms with Crippen molar-refractivity contribution in [1.29, 1.82) is 0 Å². The summed E-state index contributed by atoms with van der Waals surface area (Å²) in [7, 11) is 0. The highest BCUT2D eigenvalue weighted by Gasteiger charge is 2.12. The molecule has 0 aliphatic rings. The number of nitrogens with zero attached hydrogens (tertiary/aromatic N) is 4. The first-order valence-corrected chi connectivity index (χ1v) is 6.78. The summed E-state index contributed by atoms with van der Waals surface area (Å²) in [6.45, 7) is 9.28. The molecule has 2 rings (SSSR count). The van der Waals surface area contributed by atoms with Gasteiger partial charge in [-0.15, -0.1) is 0 Å². The standard InChI is InChI=1S/C14H21N5/c1-5-7-16-13-8-15-9-14(17-13)19-11(4)12(6-2)10(3)18-19/h8-9H,5-7H2,1-4H3,(H,16,17). The second kappa shape index (κ2) is 5.82. The van der Waals surface area contributed by atoms with Crippen molar-refractivity contribution in [2.24, 2.45) is 0 Å². The molecular weight excluding hydrogens is 238 g/mol. The molecule has 0 radical (unpaired) electrons. The molecule has 5 nitrogen and oxygen atoms in total. The molecular formula is C14H21N5. The molecule has 1 N–H and O–H groups in total. The van der Waals surface area contributed by atoms with Gasteiger partial charge in [0.25, 0.3) is 0 Å². The number of aryl methyl sites for hydroxylation is 1. The molecule has 0 saturated heterocycles. The van der Waals surface area contributed by atoms with Gasteiger partial charge in [-0.1, -0.05) is 13.8 Å². The maximum atomic E-state index is 4.56. The van der Waals surface area contributed by atoms with Gasteiger partial charge < -0.3 is 5.32 Å². The first-order chi connectivity index (χ1) is 9.17. The van der Waals surface area contributed by atoms with Gasteiger partial charge in [0.15, 0.2) is 5.82 Å². The molecule has 0 amide bonds. The lowest BCUT2D eigenvalue weighted by atomic mass is 10.1. The zero-order valence-corrected chi connectivity index (χ0v) is 12.1. The molecule has 2 heterocycles. The van der Waals surface area contributed by atoms with Crippen molar-refractivity contribution >= 4 is 5.82 Å². The minimum atomic E-state index is 0.765. The molecule has 0 unspecified atom stereocenters. The average Bonchev–Trinajstić information content (AvgIpc) is 2.71. The van der Waals surface area contributed by atoms with Crippen LogP contribution in [0.5, 0.6) is 0 Å². The molecule has 0 spiro atoms. The van der Waals surface area contributed by atoms with E-state index in [1.54, 1.807) is 12.4 Å². The number of rotatable bonds is 5. The molecule has 0 atom stereocenters. The molecule has 102 valence electrons. The van der Waals surface area contributed by atoms with Crippen molar-refractivity contribution in [3.63, 3.8) is 0 Å². The minimum Gasteiger partial charge on any atom is -0.369 e. The molecule has 0 fully saturated rings. The van der Waals surface area contributed by atoms with Crippen molar-refractivity contribution in [2.45, 2.75) is 40.5 Å². The Morgan fingerprint density at radius 2 is 2.00 bits per heavy atom. The molecule has 0 aromatic carbocycles.